The Labute approximate surface area is 104 Å². The molecule has 1 heterocycles. The minimum atomic E-state index is -0.831. The first-order chi connectivity index (χ1) is 8.56. The van der Waals surface area contributed by atoms with E-state index in [2.05, 4.69) is 0 Å². The predicted octanol–water partition coefficient (Wildman–Crippen LogP) is 1.18. The molecular weight excluding hydrogens is 237 g/mol. The average Bonchev–Trinajstić information content (AvgIpc) is 2.68. The molecule has 1 aliphatic rings. The summed E-state index contributed by atoms with van der Waals surface area (Å²) in [4.78, 5) is 22.3. The van der Waals surface area contributed by atoms with Crippen LogP contribution in [0, 0.1) is 11.7 Å². The maximum absolute atomic E-state index is 13.0. The standard InChI is InChI=1S/C13H14FNO3/c14-9-3-1-2-8(6-9)4-5-10-7-11(12(15)16)13(17)18-10/h1-3,6,10-11H,4-5,7H2,(H2,15,16). The number of rotatable bonds is 4. The van der Waals surface area contributed by atoms with Crippen molar-refractivity contribution in [1.82, 2.24) is 0 Å². The fourth-order valence-corrected chi connectivity index (χ4v) is 2.08. The highest BCUT2D eigenvalue weighted by Crippen LogP contribution is 2.24. The van der Waals surface area contributed by atoms with E-state index in [1.165, 1.54) is 12.1 Å². The third kappa shape index (κ3) is 2.85. The van der Waals surface area contributed by atoms with E-state index in [1.54, 1.807) is 6.07 Å². The van der Waals surface area contributed by atoms with Gasteiger partial charge in [0.15, 0.2) is 0 Å². The van der Waals surface area contributed by atoms with E-state index in [1.807, 2.05) is 6.07 Å². The van der Waals surface area contributed by atoms with Gasteiger partial charge in [-0.2, -0.15) is 0 Å². The van der Waals surface area contributed by atoms with Crippen molar-refractivity contribution in [2.24, 2.45) is 11.7 Å². The molecule has 1 aromatic rings. The number of benzene rings is 1. The average molecular weight is 251 g/mol. The highest BCUT2D eigenvalue weighted by atomic mass is 19.1. The van der Waals surface area contributed by atoms with Crippen LogP contribution in [0.15, 0.2) is 24.3 Å². The number of amides is 1. The van der Waals surface area contributed by atoms with Crippen molar-refractivity contribution in [3.05, 3.63) is 35.6 Å². The molecule has 2 unspecified atom stereocenters. The predicted molar refractivity (Wildman–Crippen MR) is 61.9 cm³/mol. The van der Waals surface area contributed by atoms with Crippen LogP contribution in [0.4, 0.5) is 4.39 Å². The molecule has 0 aromatic heterocycles. The molecule has 4 nitrogen and oxygen atoms in total. The van der Waals surface area contributed by atoms with E-state index in [4.69, 9.17) is 10.5 Å². The van der Waals surface area contributed by atoms with Gasteiger partial charge in [0.25, 0.3) is 0 Å². The lowest BCUT2D eigenvalue weighted by atomic mass is 10.00. The Morgan fingerprint density at radius 3 is 2.89 bits per heavy atom. The number of aryl methyl sites for hydroxylation is 1. The van der Waals surface area contributed by atoms with Crippen LogP contribution in [0.25, 0.3) is 0 Å². The van der Waals surface area contributed by atoms with Crippen molar-refractivity contribution >= 4 is 11.9 Å². The van der Waals surface area contributed by atoms with Crippen molar-refractivity contribution < 1.29 is 18.7 Å². The first kappa shape index (κ1) is 12.5. The molecule has 0 spiro atoms. The molecule has 0 aliphatic carbocycles. The van der Waals surface area contributed by atoms with Gasteiger partial charge in [0, 0.05) is 6.42 Å². The molecule has 1 aliphatic heterocycles. The van der Waals surface area contributed by atoms with Gasteiger partial charge < -0.3 is 10.5 Å². The van der Waals surface area contributed by atoms with Crippen LogP contribution in [-0.2, 0) is 20.7 Å². The van der Waals surface area contributed by atoms with Crippen LogP contribution in [0.2, 0.25) is 0 Å². The summed E-state index contributed by atoms with van der Waals surface area (Å²) in [5.41, 5.74) is 5.93. The lowest BCUT2D eigenvalue weighted by Crippen LogP contribution is -2.26. The van der Waals surface area contributed by atoms with Gasteiger partial charge in [-0.3, -0.25) is 9.59 Å². The van der Waals surface area contributed by atoms with E-state index in [9.17, 15) is 14.0 Å². The van der Waals surface area contributed by atoms with Crippen LogP contribution < -0.4 is 5.73 Å². The van der Waals surface area contributed by atoms with Crippen molar-refractivity contribution in [2.45, 2.75) is 25.4 Å². The Hall–Kier alpha value is -1.91. The van der Waals surface area contributed by atoms with Gasteiger partial charge >= 0.3 is 5.97 Å². The lowest BCUT2D eigenvalue weighted by Gasteiger charge is -2.08. The van der Waals surface area contributed by atoms with Gasteiger partial charge in [0.05, 0.1) is 0 Å². The van der Waals surface area contributed by atoms with Gasteiger partial charge in [0.1, 0.15) is 17.8 Å². The number of cyclic esters (lactones) is 1. The molecule has 2 atom stereocenters. The quantitative estimate of drug-likeness (QED) is 0.645. The Morgan fingerprint density at radius 1 is 1.50 bits per heavy atom. The van der Waals surface area contributed by atoms with E-state index in [-0.39, 0.29) is 11.9 Å². The molecule has 0 radical (unpaired) electrons. The summed E-state index contributed by atoms with van der Waals surface area (Å²) < 4.78 is 18.0. The molecule has 1 amide bonds. The third-order valence-electron chi connectivity index (χ3n) is 3.05. The van der Waals surface area contributed by atoms with Gasteiger partial charge in [-0.25, -0.2) is 4.39 Å². The van der Waals surface area contributed by atoms with Crippen molar-refractivity contribution in [2.75, 3.05) is 0 Å². The molecule has 1 saturated heterocycles. The van der Waals surface area contributed by atoms with E-state index in [0.29, 0.717) is 19.3 Å². The summed E-state index contributed by atoms with van der Waals surface area (Å²) in [5, 5.41) is 0. The van der Waals surface area contributed by atoms with E-state index < -0.39 is 17.8 Å². The molecular formula is C13H14FNO3. The smallest absolute Gasteiger partial charge is 0.318 e. The number of hydrogen-bond donors (Lipinski definition) is 1. The van der Waals surface area contributed by atoms with Gasteiger partial charge in [-0.1, -0.05) is 12.1 Å². The van der Waals surface area contributed by atoms with Crippen LogP contribution >= 0.6 is 0 Å². The summed E-state index contributed by atoms with van der Waals surface area (Å²) in [7, 11) is 0. The molecule has 1 fully saturated rings. The molecule has 96 valence electrons. The zero-order valence-electron chi connectivity index (χ0n) is 9.77. The summed E-state index contributed by atoms with van der Waals surface area (Å²) in [5.74, 6) is -2.31. The number of carbonyl (C=O) groups is 2. The molecule has 18 heavy (non-hydrogen) atoms. The van der Waals surface area contributed by atoms with Crippen molar-refractivity contribution in [3.63, 3.8) is 0 Å². The molecule has 1 aromatic carbocycles. The Kier molecular flexibility index (Phi) is 3.60. The topological polar surface area (TPSA) is 69.4 Å². The van der Waals surface area contributed by atoms with Gasteiger partial charge in [-0.05, 0) is 30.5 Å². The monoisotopic (exact) mass is 251 g/mol. The number of nitrogens with two attached hydrogens (primary N) is 1. The van der Waals surface area contributed by atoms with E-state index >= 15 is 0 Å². The van der Waals surface area contributed by atoms with Crippen LogP contribution in [0.5, 0.6) is 0 Å². The summed E-state index contributed by atoms with van der Waals surface area (Å²) >= 11 is 0. The number of carbonyl (C=O) groups excluding carboxylic acids is 2. The zero-order valence-corrected chi connectivity index (χ0v) is 9.77. The fourth-order valence-electron chi connectivity index (χ4n) is 2.08. The lowest BCUT2D eigenvalue weighted by molar-refractivity contribution is -0.146. The summed E-state index contributed by atoms with van der Waals surface area (Å²) in [6.45, 7) is 0. The summed E-state index contributed by atoms with van der Waals surface area (Å²) in [6, 6.07) is 6.27. The highest BCUT2D eigenvalue weighted by molar-refractivity contribution is 5.98. The Balaban J connectivity index is 1.89. The molecule has 5 heteroatoms. The number of primary amides is 1. The largest absolute Gasteiger partial charge is 0.462 e. The van der Waals surface area contributed by atoms with Crippen molar-refractivity contribution in [1.29, 1.82) is 0 Å². The maximum atomic E-state index is 13.0. The number of hydrogen-bond acceptors (Lipinski definition) is 3. The normalized spacial score (nSPS) is 22.8. The molecule has 2 N–H and O–H groups in total. The summed E-state index contributed by atoms with van der Waals surface area (Å²) in [6.07, 6.45) is 1.18. The minimum Gasteiger partial charge on any atom is -0.462 e. The Morgan fingerprint density at radius 2 is 2.28 bits per heavy atom. The van der Waals surface area contributed by atoms with Crippen LogP contribution in [0.1, 0.15) is 18.4 Å². The maximum Gasteiger partial charge on any atom is 0.318 e. The number of halogens is 1. The zero-order chi connectivity index (χ0) is 13.1. The highest BCUT2D eigenvalue weighted by Gasteiger charge is 2.37. The second-order valence-electron chi connectivity index (χ2n) is 4.42. The molecule has 2 rings (SSSR count). The number of esters is 1. The fraction of sp³-hybridized carbons (Fsp3) is 0.385. The molecule has 0 bridgehead atoms. The molecule has 0 saturated carbocycles. The van der Waals surface area contributed by atoms with E-state index in [0.717, 1.165) is 5.56 Å². The van der Waals surface area contributed by atoms with Gasteiger partial charge in [0.2, 0.25) is 5.91 Å². The van der Waals surface area contributed by atoms with Crippen LogP contribution in [-0.4, -0.2) is 18.0 Å². The van der Waals surface area contributed by atoms with Gasteiger partial charge in [-0.15, -0.1) is 0 Å². The van der Waals surface area contributed by atoms with Crippen LogP contribution in [0.3, 0.4) is 0 Å². The Bertz CT molecular complexity index is 475. The first-order valence-corrected chi connectivity index (χ1v) is 5.80. The second-order valence-corrected chi connectivity index (χ2v) is 4.42. The minimum absolute atomic E-state index is 0.286. The first-order valence-electron chi connectivity index (χ1n) is 5.80. The third-order valence-corrected chi connectivity index (χ3v) is 3.05. The number of ether oxygens (including phenoxy) is 1. The van der Waals surface area contributed by atoms with Crippen molar-refractivity contribution in [3.8, 4) is 0 Å². The SMILES string of the molecule is NC(=O)C1CC(CCc2cccc(F)c2)OC1=O. The second kappa shape index (κ2) is 5.16.